The largest absolute Gasteiger partial charge is 0.369 e. The number of nitrogens with two attached hydrogens (primary N) is 1. The average Bonchev–Trinajstić information content (AvgIpc) is 2.57. The average molecular weight is 411 g/mol. The highest BCUT2D eigenvalue weighted by Crippen LogP contribution is 2.36. The second kappa shape index (κ2) is 7.58. The van der Waals surface area contributed by atoms with Crippen LogP contribution in [0.4, 0.5) is 13.2 Å². The second-order valence-electron chi connectivity index (χ2n) is 5.66. The number of hydrogen-bond donors (Lipinski definition) is 1. The Morgan fingerprint density at radius 2 is 1.52 bits per heavy atom. The number of amides is 1. The molecule has 0 aliphatic heterocycles. The summed E-state index contributed by atoms with van der Waals surface area (Å²) >= 11 is 12.3. The van der Waals surface area contributed by atoms with Crippen LogP contribution in [0.15, 0.2) is 48.5 Å². The van der Waals surface area contributed by atoms with Crippen molar-refractivity contribution in [2.45, 2.75) is 5.92 Å². The van der Waals surface area contributed by atoms with Gasteiger partial charge in [-0.1, -0.05) is 35.3 Å². The number of primary amides is 1. The van der Waals surface area contributed by atoms with Gasteiger partial charge in [-0.15, -0.1) is 0 Å². The second-order valence-corrected chi connectivity index (χ2v) is 6.48. The van der Waals surface area contributed by atoms with E-state index in [0.717, 1.165) is 0 Å². The molecule has 0 radical (unpaired) electrons. The number of carbonyl (C=O) groups excluding carboxylic acids is 1. The highest BCUT2D eigenvalue weighted by Gasteiger charge is 2.27. The normalized spacial score (nSPS) is 12.0. The molecule has 1 unspecified atom stereocenters. The number of benzene rings is 2. The van der Waals surface area contributed by atoms with Crippen LogP contribution in [0, 0.1) is 17.5 Å². The van der Waals surface area contributed by atoms with Gasteiger partial charge in [-0.05, 0) is 24.3 Å². The minimum Gasteiger partial charge on any atom is -0.369 e. The third kappa shape index (κ3) is 3.77. The molecule has 3 nitrogen and oxygen atoms in total. The third-order valence-corrected chi connectivity index (χ3v) is 4.56. The van der Waals surface area contributed by atoms with Crippen LogP contribution in [-0.2, 0) is 4.79 Å². The lowest BCUT2D eigenvalue weighted by molar-refractivity contribution is -0.118. The quantitative estimate of drug-likeness (QED) is 0.650. The summed E-state index contributed by atoms with van der Waals surface area (Å²) in [5.41, 5.74) is 5.19. The summed E-state index contributed by atoms with van der Waals surface area (Å²) in [5, 5.41) is 0.385. The Balaban J connectivity index is 2.18. The summed E-state index contributed by atoms with van der Waals surface area (Å²) in [6, 6.07) is 9.98. The highest BCUT2D eigenvalue weighted by molar-refractivity contribution is 6.36. The molecule has 2 aromatic carbocycles. The zero-order valence-electron chi connectivity index (χ0n) is 13.5. The van der Waals surface area contributed by atoms with Gasteiger partial charge in [0.1, 0.15) is 23.4 Å². The van der Waals surface area contributed by atoms with Gasteiger partial charge < -0.3 is 5.73 Å². The molecular formula is C19H11Cl2F3N2O. The maximum absolute atomic E-state index is 14.1. The fourth-order valence-corrected chi connectivity index (χ4v) is 3.38. The van der Waals surface area contributed by atoms with E-state index in [0.29, 0.717) is 12.1 Å². The number of rotatable bonds is 4. The summed E-state index contributed by atoms with van der Waals surface area (Å²) in [6.45, 7) is 0. The van der Waals surface area contributed by atoms with Crippen LogP contribution in [0.3, 0.4) is 0 Å². The first kappa shape index (κ1) is 19.2. The summed E-state index contributed by atoms with van der Waals surface area (Å²) in [7, 11) is 0. The summed E-state index contributed by atoms with van der Waals surface area (Å²) in [4.78, 5) is 16.3. The van der Waals surface area contributed by atoms with Crippen molar-refractivity contribution in [3.63, 3.8) is 0 Å². The van der Waals surface area contributed by atoms with E-state index in [2.05, 4.69) is 4.98 Å². The molecule has 0 aliphatic rings. The summed E-state index contributed by atoms with van der Waals surface area (Å²) in [5.74, 6) is -5.23. The molecule has 0 spiro atoms. The molecule has 27 heavy (non-hydrogen) atoms. The summed E-state index contributed by atoms with van der Waals surface area (Å²) < 4.78 is 41.3. The van der Waals surface area contributed by atoms with Crippen LogP contribution in [0.1, 0.15) is 17.2 Å². The minimum atomic E-state index is -1.14. The number of hydrogen-bond acceptors (Lipinski definition) is 2. The van der Waals surface area contributed by atoms with Gasteiger partial charge in [0, 0.05) is 27.7 Å². The predicted molar refractivity (Wildman–Crippen MR) is 97.0 cm³/mol. The molecule has 2 N–H and O–H groups in total. The first-order chi connectivity index (χ1) is 12.8. The number of nitrogens with zero attached hydrogens (tertiary/aromatic N) is 1. The first-order valence-electron chi connectivity index (χ1n) is 7.64. The minimum absolute atomic E-state index is 0.0955. The molecule has 0 bridgehead atoms. The molecule has 0 fully saturated rings. The van der Waals surface area contributed by atoms with E-state index in [9.17, 15) is 18.0 Å². The van der Waals surface area contributed by atoms with Crippen molar-refractivity contribution in [1.82, 2.24) is 4.98 Å². The molecule has 138 valence electrons. The van der Waals surface area contributed by atoms with Crippen molar-refractivity contribution >= 4 is 29.1 Å². The van der Waals surface area contributed by atoms with E-state index >= 15 is 0 Å². The van der Waals surface area contributed by atoms with Crippen LogP contribution in [-0.4, -0.2) is 10.9 Å². The predicted octanol–water partition coefficient (Wildman–Crippen LogP) is 5.09. The SMILES string of the molecule is NC(=O)C(c1cccc(-c2c(F)cc(F)cc2F)n1)c1c(Cl)cccc1Cl. The van der Waals surface area contributed by atoms with Crippen molar-refractivity contribution < 1.29 is 18.0 Å². The Hall–Kier alpha value is -2.57. The van der Waals surface area contributed by atoms with Gasteiger partial charge in [0.15, 0.2) is 0 Å². The van der Waals surface area contributed by atoms with E-state index in [-0.39, 0.29) is 27.0 Å². The Morgan fingerprint density at radius 1 is 0.963 bits per heavy atom. The molecule has 1 heterocycles. The molecule has 1 atom stereocenters. The third-order valence-electron chi connectivity index (χ3n) is 3.90. The van der Waals surface area contributed by atoms with Crippen molar-refractivity contribution in [2.75, 3.05) is 0 Å². The van der Waals surface area contributed by atoms with Crippen molar-refractivity contribution in [2.24, 2.45) is 5.73 Å². The molecule has 8 heteroatoms. The fraction of sp³-hybridized carbons (Fsp3) is 0.0526. The first-order valence-corrected chi connectivity index (χ1v) is 8.40. The Morgan fingerprint density at radius 3 is 2.07 bits per heavy atom. The molecule has 0 saturated carbocycles. The molecule has 3 rings (SSSR count). The van der Waals surface area contributed by atoms with E-state index < -0.39 is 34.8 Å². The van der Waals surface area contributed by atoms with Crippen LogP contribution in [0.25, 0.3) is 11.3 Å². The maximum atomic E-state index is 14.1. The van der Waals surface area contributed by atoms with Gasteiger partial charge in [-0.2, -0.15) is 0 Å². The zero-order chi connectivity index (χ0) is 19.7. The van der Waals surface area contributed by atoms with Crippen molar-refractivity contribution in [1.29, 1.82) is 0 Å². The number of carbonyl (C=O) groups is 1. The summed E-state index contributed by atoms with van der Waals surface area (Å²) in [6.07, 6.45) is 0. The van der Waals surface area contributed by atoms with Crippen LogP contribution < -0.4 is 5.73 Å². The number of pyridine rings is 1. The topological polar surface area (TPSA) is 56.0 Å². The van der Waals surface area contributed by atoms with Gasteiger partial charge in [0.05, 0.1) is 17.0 Å². The zero-order valence-corrected chi connectivity index (χ0v) is 15.0. The lowest BCUT2D eigenvalue weighted by atomic mass is 9.93. The highest BCUT2D eigenvalue weighted by atomic mass is 35.5. The fourth-order valence-electron chi connectivity index (χ4n) is 2.76. The monoisotopic (exact) mass is 410 g/mol. The van der Waals surface area contributed by atoms with E-state index in [4.69, 9.17) is 28.9 Å². The van der Waals surface area contributed by atoms with Gasteiger partial charge in [-0.3, -0.25) is 9.78 Å². The van der Waals surface area contributed by atoms with E-state index in [1.54, 1.807) is 6.07 Å². The van der Waals surface area contributed by atoms with Crippen LogP contribution >= 0.6 is 23.2 Å². The molecule has 1 aromatic heterocycles. The number of aromatic nitrogens is 1. The Bertz CT molecular complexity index is 1000. The van der Waals surface area contributed by atoms with Crippen molar-refractivity contribution in [3.8, 4) is 11.3 Å². The van der Waals surface area contributed by atoms with Gasteiger partial charge in [-0.25, -0.2) is 13.2 Å². The lowest BCUT2D eigenvalue weighted by Crippen LogP contribution is -2.24. The van der Waals surface area contributed by atoms with Crippen LogP contribution in [0.5, 0.6) is 0 Å². The van der Waals surface area contributed by atoms with Gasteiger partial charge in [0.2, 0.25) is 5.91 Å². The van der Waals surface area contributed by atoms with E-state index in [1.807, 2.05) is 0 Å². The van der Waals surface area contributed by atoms with Crippen LogP contribution in [0.2, 0.25) is 10.0 Å². The lowest BCUT2D eigenvalue weighted by Gasteiger charge is -2.17. The van der Waals surface area contributed by atoms with Gasteiger partial charge >= 0.3 is 0 Å². The maximum Gasteiger partial charge on any atom is 0.231 e. The Kier molecular flexibility index (Phi) is 5.39. The smallest absolute Gasteiger partial charge is 0.231 e. The van der Waals surface area contributed by atoms with Crippen molar-refractivity contribution in [3.05, 3.63) is 87.3 Å². The van der Waals surface area contributed by atoms with Gasteiger partial charge in [0.25, 0.3) is 0 Å². The molecule has 0 aliphatic carbocycles. The molecular weight excluding hydrogens is 400 g/mol. The standard InChI is InChI=1S/C19H11Cl2F3N2O/c20-10-3-1-4-11(21)16(10)18(19(25)27)15-6-2-5-14(26-15)17-12(23)7-9(22)8-13(17)24/h1-8,18H,(H2,25,27). The van der Waals surface area contributed by atoms with E-state index in [1.165, 1.54) is 30.3 Å². The number of halogens is 5. The molecule has 3 aromatic rings. The molecule has 0 saturated heterocycles. The Labute approximate surface area is 162 Å². The molecule has 1 amide bonds.